The molecule has 1 aromatic rings. The summed E-state index contributed by atoms with van der Waals surface area (Å²) >= 11 is 1.57. The topological polar surface area (TPSA) is 111 Å². The minimum Gasteiger partial charge on any atom is -0.480 e. The van der Waals surface area contributed by atoms with Crippen molar-refractivity contribution in [2.45, 2.75) is 30.7 Å². The van der Waals surface area contributed by atoms with Gasteiger partial charge >= 0.3 is 12.0 Å². The van der Waals surface area contributed by atoms with Crippen molar-refractivity contribution in [1.29, 1.82) is 0 Å². The lowest BCUT2D eigenvalue weighted by molar-refractivity contribution is -0.141. The molecule has 1 saturated heterocycles. The molecule has 2 fully saturated rings. The lowest BCUT2D eigenvalue weighted by Gasteiger charge is -2.27. The smallest absolute Gasteiger partial charge is 0.327 e. The van der Waals surface area contributed by atoms with Crippen LogP contribution in [0.15, 0.2) is 6.33 Å². The van der Waals surface area contributed by atoms with Crippen LogP contribution in [0, 0.1) is 5.92 Å². The largest absolute Gasteiger partial charge is 0.480 e. The Morgan fingerprint density at radius 2 is 2.33 bits per heavy atom. The summed E-state index contributed by atoms with van der Waals surface area (Å²) in [5.74, 6) is 0.668. The molecule has 2 atom stereocenters. The predicted molar refractivity (Wildman–Crippen MR) is 75.7 cm³/mol. The van der Waals surface area contributed by atoms with E-state index in [0.717, 1.165) is 12.8 Å². The molecule has 1 aliphatic heterocycles. The van der Waals surface area contributed by atoms with Crippen LogP contribution in [0.25, 0.3) is 0 Å². The van der Waals surface area contributed by atoms with Crippen molar-refractivity contribution >= 4 is 23.8 Å². The number of amides is 2. The second-order valence-electron chi connectivity index (χ2n) is 5.24. The van der Waals surface area contributed by atoms with E-state index in [1.807, 2.05) is 0 Å². The molecule has 114 valence electrons. The number of aromatic amines is 1. The molecule has 2 aliphatic rings. The summed E-state index contributed by atoms with van der Waals surface area (Å²) < 4.78 is 0. The third-order valence-electron chi connectivity index (χ3n) is 3.68. The summed E-state index contributed by atoms with van der Waals surface area (Å²) in [4.78, 5) is 29.1. The number of rotatable bonds is 5. The number of urea groups is 1. The highest BCUT2D eigenvalue weighted by Gasteiger charge is 2.48. The Kier molecular flexibility index (Phi) is 4.00. The molecule has 1 aromatic heterocycles. The van der Waals surface area contributed by atoms with Crippen LogP contribution in [0.5, 0.6) is 0 Å². The molecule has 1 aliphatic carbocycles. The van der Waals surface area contributed by atoms with Gasteiger partial charge < -0.3 is 10.4 Å². The molecular formula is C12H17N5O3S. The Labute approximate surface area is 125 Å². The van der Waals surface area contributed by atoms with Crippen molar-refractivity contribution < 1.29 is 14.7 Å². The van der Waals surface area contributed by atoms with Gasteiger partial charge in [-0.3, -0.25) is 10.00 Å². The Morgan fingerprint density at radius 3 is 2.95 bits per heavy atom. The number of carboxylic acids is 1. The SMILES string of the molecule is O=C(O)C1CSC(C2CC2)N1C(=O)NCCc1ncn[nH]1. The summed E-state index contributed by atoms with van der Waals surface area (Å²) in [5, 5.41) is 18.5. The third-order valence-corrected chi connectivity index (χ3v) is 5.14. The molecule has 2 amide bonds. The van der Waals surface area contributed by atoms with Gasteiger partial charge in [-0.1, -0.05) is 0 Å². The van der Waals surface area contributed by atoms with Crippen LogP contribution in [0.3, 0.4) is 0 Å². The Hall–Kier alpha value is -1.77. The maximum absolute atomic E-state index is 12.3. The lowest BCUT2D eigenvalue weighted by atomic mass is 10.2. The van der Waals surface area contributed by atoms with E-state index >= 15 is 0 Å². The number of carboxylic acid groups (broad SMARTS) is 1. The van der Waals surface area contributed by atoms with E-state index in [2.05, 4.69) is 20.5 Å². The first-order chi connectivity index (χ1) is 10.2. The zero-order valence-electron chi connectivity index (χ0n) is 11.4. The van der Waals surface area contributed by atoms with Gasteiger partial charge in [-0.25, -0.2) is 14.6 Å². The van der Waals surface area contributed by atoms with E-state index in [1.165, 1.54) is 11.2 Å². The number of aliphatic carboxylic acids is 1. The van der Waals surface area contributed by atoms with E-state index in [-0.39, 0.29) is 11.4 Å². The summed E-state index contributed by atoms with van der Waals surface area (Å²) in [6, 6.07) is -1.03. The maximum Gasteiger partial charge on any atom is 0.327 e. The summed E-state index contributed by atoms with van der Waals surface area (Å²) in [6.07, 6.45) is 4.11. The minimum atomic E-state index is -0.934. The zero-order valence-corrected chi connectivity index (χ0v) is 12.2. The third kappa shape index (κ3) is 3.12. The van der Waals surface area contributed by atoms with Gasteiger partial charge in [0, 0.05) is 18.7 Å². The number of carbonyl (C=O) groups is 2. The van der Waals surface area contributed by atoms with E-state index in [4.69, 9.17) is 0 Å². The first-order valence-corrected chi connectivity index (χ1v) is 7.96. The van der Waals surface area contributed by atoms with Crippen molar-refractivity contribution in [1.82, 2.24) is 25.4 Å². The number of aromatic nitrogens is 3. The number of H-pyrrole nitrogens is 1. The van der Waals surface area contributed by atoms with Crippen LogP contribution in [-0.2, 0) is 11.2 Å². The van der Waals surface area contributed by atoms with E-state index in [9.17, 15) is 14.7 Å². The van der Waals surface area contributed by atoms with E-state index in [0.29, 0.717) is 30.5 Å². The molecule has 0 radical (unpaired) electrons. The quantitative estimate of drug-likeness (QED) is 0.721. The van der Waals surface area contributed by atoms with Gasteiger partial charge in [0.1, 0.15) is 18.2 Å². The molecule has 0 aromatic carbocycles. The molecule has 2 unspecified atom stereocenters. The number of hydrogen-bond donors (Lipinski definition) is 3. The normalized spacial score (nSPS) is 25.0. The predicted octanol–water partition coefficient (Wildman–Crippen LogP) is 0.295. The summed E-state index contributed by atoms with van der Waals surface area (Å²) in [6.45, 7) is 0.402. The molecule has 2 heterocycles. The first-order valence-electron chi connectivity index (χ1n) is 6.91. The van der Waals surface area contributed by atoms with Gasteiger partial charge in [-0.15, -0.1) is 11.8 Å². The van der Waals surface area contributed by atoms with Gasteiger partial charge in [-0.05, 0) is 18.8 Å². The number of hydrogen-bond acceptors (Lipinski definition) is 5. The van der Waals surface area contributed by atoms with Crippen LogP contribution in [0.2, 0.25) is 0 Å². The highest BCUT2D eigenvalue weighted by atomic mass is 32.2. The van der Waals surface area contributed by atoms with Crippen molar-refractivity contribution in [2.75, 3.05) is 12.3 Å². The van der Waals surface area contributed by atoms with Gasteiger partial charge in [0.15, 0.2) is 0 Å². The Balaban J connectivity index is 1.58. The number of thioether (sulfide) groups is 1. The second-order valence-corrected chi connectivity index (χ2v) is 6.39. The van der Waals surface area contributed by atoms with Crippen LogP contribution in [0.1, 0.15) is 18.7 Å². The van der Waals surface area contributed by atoms with Crippen LogP contribution in [0.4, 0.5) is 4.79 Å². The number of nitrogens with zero attached hydrogens (tertiary/aromatic N) is 3. The molecule has 0 spiro atoms. The zero-order chi connectivity index (χ0) is 14.8. The summed E-state index contributed by atoms with van der Waals surface area (Å²) in [5.41, 5.74) is 0. The number of carbonyl (C=O) groups excluding carboxylic acids is 1. The standard InChI is InChI=1S/C12H17N5O3S/c18-11(19)8-5-21-10(7-1-2-7)17(8)12(20)13-4-3-9-14-6-15-16-9/h6-8,10H,1-5H2,(H,13,20)(H,18,19)(H,14,15,16). The Bertz CT molecular complexity index is 519. The molecule has 0 bridgehead atoms. The molecule has 8 nitrogen and oxygen atoms in total. The average Bonchev–Trinajstić information content (AvgIpc) is 3.00. The van der Waals surface area contributed by atoms with Crippen molar-refractivity contribution in [3.05, 3.63) is 12.2 Å². The van der Waals surface area contributed by atoms with Crippen LogP contribution >= 0.6 is 11.8 Å². The van der Waals surface area contributed by atoms with E-state index in [1.54, 1.807) is 11.8 Å². The molecule has 9 heteroatoms. The van der Waals surface area contributed by atoms with Gasteiger partial charge in [0.05, 0.1) is 5.37 Å². The van der Waals surface area contributed by atoms with Crippen molar-refractivity contribution in [3.63, 3.8) is 0 Å². The van der Waals surface area contributed by atoms with E-state index < -0.39 is 12.0 Å². The fourth-order valence-corrected chi connectivity index (χ4v) is 4.08. The fourth-order valence-electron chi connectivity index (χ4n) is 2.45. The molecule has 1 saturated carbocycles. The first kappa shape index (κ1) is 14.2. The number of nitrogens with one attached hydrogen (secondary N) is 2. The highest BCUT2D eigenvalue weighted by molar-refractivity contribution is 8.00. The van der Waals surface area contributed by atoms with Crippen LogP contribution in [-0.4, -0.2) is 60.9 Å². The van der Waals surface area contributed by atoms with Crippen molar-refractivity contribution in [2.24, 2.45) is 5.92 Å². The Morgan fingerprint density at radius 1 is 1.52 bits per heavy atom. The van der Waals surface area contributed by atoms with Gasteiger partial charge in [-0.2, -0.15) is 5.10 Å². The highest BCUT2D eigenvalue weighted by Crippen LogP contribution is 2.45. The molecule has 21 heavy (non-hydrogen) atoms. The molecule has 3 N–H and O–H groups in total. The van der Waals surface area contributed by atoms with Gasteiger partial charge in [0.2, 0.25) is 0 Å². The molecular weight excluding hydrogens is 294 g/mol. The fraction of sp³-hybridized carbons (Fsp3) is 0.667. The summed E-state index contributed by atoms with van der Waals surface area (Å²) in [7, 11) is 0. The maximum atomic E-state index is 12.3. The second kappa shape index (κ2) is 5.92. The lowest BCUT2D eigenvalue weighted by Crippen LogP contribution is -2.51. The average molecular weight is 311 g/mol. The van der Waals surface area contributed by atoms with Gasteiger partial charge in [0.25, 0.3) is 0 Å². The minimum absolute atomic E-state index is 0.00335. The molecule has 3 rings (SSSR count). The van der Waals surface area contributed by atoms with Crippen molar-refractivity contribution in [3.8, 4) is 0 Å². The van der Waals surface area contributed by atoms with Crippen LogP contribution < -0.4 is 5.32 Å². The monoisotopic (exact) mass is 311 g/mol.